The SMILES string of the molecule is COc1cc([C@H](CC2CC2)N2CCNCC2)cc(OC)c1O. The molecule has 1 heterocycles. The number of hydrogen-bond acceptors (Lipinski definition) is 5. The van der Waals surface area contributed by atoms with Crippen LogP contribution in [0.3, 0.4) is 0 Å². The standard InChI is InChI=1S/C17H26N2O3/c1-21-15-10-13(11-16(22-2)17(15)20)14(9-12-3-4-12)19-7-5-18-6-8-19/h10-12,14,18,20H,3-9H2,1-2H3/t14-/m0/s1. The van der Waals surface area contributed by atoms with Gasteiger partial charge in [0.1, 0.15) is 0 Å². The average molecular weight is 306 g/mol. The molecule has 1 aliphatic heterocycles. The largest absolute Gasteiger partial charge is 0.502 e. The molecule has 0 aromatic heterocycles. The van der Waals surface area contributed by atoms with Crippen LogP contribution in [0.5, 0.6) is 17.2 Å². The van der Waals surface area contributed by atoms with Crippen LogP contribution in [-0.2, 0) is 0 Å². The number of nitrogens with zero attached hydrogens (tertiary/aromatic N) is 1. The molecule has 122 valence electrons. The summed E-state index contributed by atoms with van der Waals surface area (Å²) < 4.78 is 10.7. The van der Waals surface area contributed by atoms with E-state index in [1.807, 2.05) is 12.1 Å². The fourth-order valence-electron chi connectivity index (χ4n) is 3.27. The van der Waals surface area contributed by atoms with Crippen LogP contribution in [0.25, 0.3) is 0 Å². The summed E-state index contributed by atoms with van der Waals surface area (Å²) in [5, 5.41) is 13.5. The van der Waals surface area contributed by atoms with Gasteiger partial charge in [-0.25, -0.2) is 0 Å². The van der Waals surface area contributed by atoms with Gasteiger partial charge >= 0.3 is 0 Å². The van der Waals surface area contributed by atoms with Gasteiger partial charge in [-0.15, -0.1) is 0 Å². The van der Waals surface area contributed by atoms with Crippen molar-refractivity contribution >= 4 is 0 Å². The number of phenolic OH excluding ortho intramolecular Hbond substituents is 1. The monoisotopic (exact) mass is 306 g/mol. The maximum absolute atomic E-state index is 10.1. The van der Waals surface area contributed by atoms with Crippen LogP contribution in [0.2, 0.25) is 0 Å². The van der Waals surface area contributed by atoms with Crippen molar-refractivity contribution in [1.82, 2.24) is 10.2 Å². The number of rotatable bonds is 6. The molecule has 1 saturated carbocycles. The van der Waals surface area contributed by atoms with Gasteiger partial charge in [0.05, 0.1) is 14.2 Å². The Bertz CT molecular complexity index is 486. The van der Waals surface area contributed by atoms with Gasteiger partial charge in [0.25, 0.3) is 0 Å². The first-order valence-electron chi connectivity index (χ1n) is 8.12. The highest BCUT2D eigenvalue weighted by molar-refractivity contribution is 5.53. The lowest BCUT2D eigenvalue weighted by Crippen LogP contribution is -2.45. The molecule has 1 aromatic rings. The molecule has 0 spiro atoms. The van der Waals surface area contributed by atoms with E-state index < -0.39 is 0 Å². The highest BCUT2D eigenvalue weighted by atomic mass is 16.5. The summed E-state index contributed by atoms with van der Waals surface area (Å²) in [5.41, 5.74) is 1.18. The third kappa shape index (κ3) is 3.31. The molecule has 5 nitrogen and oxygen atoms in total. The summed E-state index contributed by atoms with van der Waals surface area (Å²) in [5.74, 6) is 1.90. The maximum Gasteiger partial charge on any atom is 0.200 e. The van der Waals surface area contributed by atoms with E-state index in [2.05, 4.69) is 10.2 Å². The van der Waals surface area contributed by atoms with E-state index in [4.69, 9.17) is 9.47 Å². The Morgan fingerprint density at radius 2 is 1.77 bits per heavy atom. The molecule has 5 heteroatoms. The normalized spacial score (nSPS) is 20.6. The van der Waals surface area contributed by atoms with Crippen molar-refractivity contribution in [1.29, 1.82) is 0 Å². The molecular formula is C17H26N2O3. The number of nitrogens with one attached hydrogen (secondary N) is 1. The summed E-state index contributed by atoms with van der Waals surface area (Å²) in [4.78, 5) is 2.54. The zero-order valence-electron chi connectivity index (χ0n) is 13.5. The molecule has 2 aliphatic rings. The molecule has 2 N–H and O–H groups in total. The second kappa shape index (κ2) is 6.75. The highest BCUT2D eigenvalue weighted by Crippen LogP contribution is 2.44. The molecule has 1 atom stereocenters. The molecule has 0 amide bonds. The third-order valence-electron chi connectivity index (χ3n) is 4.73. The minimum atomic E-state index is 0.0826. The van der Waals surface area contributed by atoms with Gasteiger partial charge in [0.2, 0.25) is 5.75 Å². The minimum Gasteiger partial charge on any atom is -0.502 e. The molecule has 1 aliphatic carbocycles. The smallest absolute Gasteiger partial charge is 0.200 e. The summed E-state index contributed by atoms with van der Waals surface area (Å²) in [6.45, 7) is 4.19. The lowest BCUT2D eigenvalue weighted by atomic mass is 9.97. The fraction of sp³-hybridized carbons (Fsp3) is 0.647. The minimum absolute atomic E-state index is 0.0826. The number of ether oxygens (including phenoxy) is 2. The Morgan fingerprint density at radius 3 is 2.27 bits per heavy atom. The van der Waals surface area contributed by atoms with E-state index in [9.17, 15) is 5.11 Å². The van der Waals surface area contributed by atoms with E-state index >= 15 is 0 Å². The number of piperazine rings is 1. The van der Waals surface area contributed by atoms with Gasteiger partial charge in [0.15, 0.2) is 11.5 Å². The first kappa shape index (κ1) is 15.4. The highest BCUT2D eigenvalue weighted by Gasteiger charge is 2.31. The van der Waals surface area contributed by atoms with Gasteiger partial charge < -0.3 is 19.9 Å². The van der Waals surface area contributed by atoms with Crippen LogP contribution in [0.1, 0.15) is 30.9 Å². The molecule has 0 radical (unpaired) electrons. The number of phenols is 1. The van der Waals surface area contributed by atoms with Crippen LogP contribution in [0.4, 0.5) is 0 Å². The summed E-state index contributed by atoms with van der Waals surface area (Å²) in [6, 6.07) is 4.30. The van der Waals surface area contributed by atoms with Gasteiger partial charge in [-0.05, 0) is 30.0 Å². The zero-order valence-corrected chi connectivity index (χ0v) is 13.5. The van der Waals surface area contributed by atoms with Crippen molar-refractivity contribution < 1.29 is 14.6 Å². The lowest BCUT2D eigenvalue weighted by molar-refractivity contribution is 0.160. The number of methoxy groups -OCH3 is 2. The Balaban J connectivity index is 1.91. The Kier molecular flexibility index (Phi) is 4.74. The zero-order chi connectivity index (χ0) is 15.5. The second-order valence-corrected chi connectivity index (χ2v) is 6.25. The Morgan fingerprint density at radius 1 is 1.18 bits per heavy atom. The molecule has 3 rings (SSSR count). The van der Waals surface area contributed by atoms with E-state index in [0.717, 1.165) is 32.1 Å². The van der Waals surface area contributed by atoms with Gasteiger partial charge in [-0.2, -0.15) is 0 Å². The van der Waals surface area contributed by atoms with Crippen molar-refractivity contribution in [3.05, 3.63) is 17.7 Å². The maximum atomic E-state index is 10.1. The average Bonchev–Trinajstić information content (AvgIpc) is 3.38. The fourth-order valence-corrected chi connectivity index (χ4v) is 3.27. The molecule has 0 bridgehead atoms. The molecule has 1 aromatic carbocycles. The van der Waals surface area contributed by atoms with Gasteiger partial charge in [0, 0.05) is 32.2 Å². The van der Waals surface area contributed by atoms with Crippen LogP contribution >= 0.6 is 0 Å². The first-order chi connectivity index (χ1) is 10.7. The molecule has 2 fully saturated rings. The second-order valence-electron chi connectivity index (χ2n) is 6.25. The lowest BCUT2D eigenvalue weighted by Gasteiger charge is -2.35. The molecular weight excluding hydrogens is 280 g/mol. The van der Waals surface area contributed by atoms with Crippen LogP contribution in [0, 0.1) is 5.92 Å². The van der Waals surface area contributed by atoms with Crippen molar-refractivity contribution in [2.45, 2.75) is 25.3 Å². The van der Waals surface area contributed by atoms with E-state index in [0.29, 0.717) is 17.5 Å². The van der Waals surface area contributed by atoms with E-state index in [1.54, 1.807) is 14.2 Å². The van der Waals surface area contributed by atoms with Crippen molar-refractivity contribution in [3.8, 4) is 17.2 Å². The van der Waals surface area contributed by atoms with E-state index in [-0.39, 0.29) is 5.75 Å². The Hall–Kier alpha value is -1.46. The molecule has 0 unspecified atom stereocenters. The van der Waals surface area contributed by atoms with Crippen molar-refractivity contribution in [3.63, 3.8) is 0 Å². The summed E-state index contributed by atoms with van der Waals surface area (Å²) >= 11 is 0. The third-order valence-corrected chi connectivity index (χ3v) is 4.73. The number of hydrogen-bond donors (Lipinski definition) is 2. The van der Waals surface area contributed by atoms with Gasteiger partial charge in [-0.1, -0.05) is 12.8 Å². The van der Waals surface area contributed by atoms with Gasteiger partial charge in [-0.3, -0.25) is 4.90 Å². The van der Waals surface area contributed by atoms with Crippen LogP contribution < -0.4 is 14.8 Å². The van der Waals surface area contributed by atoms with E-state index in [1.165, 1.54) is 24.8 Å². The van der Waals surface area contributed by atoms with Crippen molar-refractivity contribution in [2.24, 2.45) is 5.92 Å². The molecule has 22 heavy (non-hydrogen) atoms. The van der Waals surface area contributed by atoms with Crippen molar-refractivity contribution in [2.75, 3.05) is 40.4 Å². The predicted molar refractivity (Wildman–Crippen MR) is 85.7 cm³/mol. The molecule has 1 saturated heterocycles. The quantitative estimate of drug-likeness (QED) is 0.843. The summed E-state index contributed by atoms with van der Waals surface area (Å²) in [7, 11) is 3.16. The van der Waals surface area contributed by atoms with Crippen LogP contribution in [-0.4, -0.2) is 50.4 Å². The van der Waals surface area contributed by atoms with Crippen LogP contribution in [0.15, 0.2) is 12.1 Å². The number of aromatic hydroxyl groups is 1. The first-order valence-corrected chi connectivity index (χ1v) is 8.12. The Labute approximate surface area is 132 Å². The summed E-state index contributed by atoms with van der Waals surface area (Å²) in [6.07, 6.45) is 3.86. The predicted octanol–water partition coefficient (Wildman–Crippen LogP) is 2.16. The number of benzene rings is 1. The topological polar surface area (TPSA) is 54.0 Å².